The zero-order valence-electron chi connectivity index (χ0n) is 42.2. The number of allylic oxidation sites excluding steroid dienone is 8. The van der Waals surface area contributed by atoms with Gasteiger partial charge in [0.05, 0.1) is 27.7 Å². The average Bonchev–Trinajstić information content (AvgIpc) is 3.25. The molecular weight excluding hydrogens is 822 g/mol. The van der Waals surface area contributed by atoms with Crippen LogP contribution in [0.4, 0.5) is 0 Å². The Morgan fingerprint density at radius 1 is 0.500 bits per heavy atom. The maximum absolute atomic E-state index is 12.7. The molecule has 0 saturated carbocycles. The van der Waals surface area contributed by atoms with Gasteiger partial charge in [-0.15, -0.1) is 0 Å². The highest BCUT2D eigenvalue weighted by Gasteiger charge is 2.21. The molecule has 64 heavy (non-hydrogen) atoms. The van der Waals surface area contributed by atoms with Crippen LogP contribution in [-0.2, 0) is 32.7 Å². The quantitative estimate of drug-likeness (QED) is 0.0195. The number of phosphoric ester groups is 1. The number of ether oxygens (including phenoxy) is 2. The molecule has 0 saturated heterocycles. The Balaban J connectivity index is 4.12. The number of phosphoric acid groups is 1. The molecule has 0 aromatic rings. The molecule has 0 aliphatic carbocycles. The summed E-state index contributed by atoms with van der Waals surface area (Å²) in [6, 6.07) is 0. The lowest BCUT2D eigenvalue weighted by atomic mass is 10.0. The number of rotatable bonds is 48. The Kier molecular flexibility index (Phi) is 44.6. The molecule has 9 nitrogen and oxygen atoms in total. The number of unbranched alkanes of at least 4 members (excludes halogenated alkanes) is 26. The van der Waals surface area contributed by atoms with Crippen molar-refractivity contribution in [2.75, 3.05) is 47.5 Å². The molecule has 374 valence electrons. The number of hydrogen-bond donors (Lipinski definition) is 0. The Labute approximate surface area is 394 Å². The lowest BCUT2D eigenvalue weighted by Crippen LogP contribution is -2.37. The highest BCUT2D eigenvalue weighted by Crippen LogP contribution is 2.38. The van der Waals surface area contributed by atoms with E-state index >= 15 is 0 Å². The van der Waals surface area contributed by atoms with Gasteiger partial charge in [-0.05, 0) is 38.5 Å². The third-order valence-electron chi connectivity index (χ3n) is 11.4. The minimum Gasteiger partial charge on any atom is -0.756 e. The van der Waals surface area contributed by atoms with Crippen LogP contribution in [0.5, 0.6) is 0 Å². The third-order valence-corrected chi connectivity index (χ3v) is 12.3. The summed E-state index contributed by atoms with van der Waals surface area (Å²) >= 11 is 0. The summed E-state index contributed by atoms with van der Waals surface area (Å²) in [5.74, 6) is -0.922. The van der Waals surface area contributed by atoms with Crippen molar-refractivity contribution in [2.24, 2.45) is 0 Å². The van der Waals surface area contributed by atoms with Crippen LogP contribution in [0.15, 0.2) is 48.6 Å². The zero-order chi connectivity index (χ0) is 47.1. The second-order valence-electron chi connectivity index (χ2n) is 18.9. The first kappa shape index (κ1) is 62.0. The van der Waals surface area contributed by atoms with Gasteiger partial charge in [0.25, 0.3) is 7.82 Å². The van der Waals surface area contributed by atoms with Gasteiger partial charge < -0.3 is 27.9 Å². The second-order valence-corrected chi connectivity index (χ2v) is 20.3. The van der Waals surface area contributed by atoms with E-state index in [9.17, 15) is 19.0 Å². The van der Waals surface area contributed by atoms with E-state index in [1.807, 2.05) is 33.3 Å². The Hall–Kier alpha value is -2.03. The third kappa shape index (κ3) is 49.4. The number of likely N-dealkylation sites (N-methyl/N-ethyl adjacent to an activating group) is 1. The van der Waals surface area contributed by atoms with Crippen molar-refractivity contribution in [3.05, 3.63) is 48.6 Å². The smallest absolute Gasteiger partial charge is 0.306 e. The molecular formula is C54H100NO8P. The second kappa shape index (κ2) is 46.1. The van der Waals surface area contributed by atoms with E-state index in [0.717, 1.165) is 44.9 Å². The molecule has 0 aromatic carbocycles. The lowest BCUT2D eigenvalue weighted by Gasteiger charge is -2.28. The van der Waals surface area contributed by atoms with Gasteiger partial charge in [0.2, 0.25) is 0 Å². The molecule has 0 spiro atoms. The standard InChI is InChI=1S/C54H100NO8P/c1-6-8-10-12-14-16-18-20-21-22-23-24-25-26-27-28-29-30-31-32-33-35-36-38-40-42-44-46-53(56)60-50-52(51-62-64(58,59)61-49-48-55(3,4)5)63-54(57)47-45-43-41-39-37-34-19-17-15-13-11-9-7-2/h9,11,15,17,34,37,41,43,52H,6-8,10,12-14,16,18-33,35-36,38-40,42,44-51H2,1-5H3/b11-9-,17-15-,37-34-,43-41-. The zero-order valence-corrected chi connectivity index (χ0v) is 43.1. The van der Waals surface area contributed by atoms with Gasteiger partial charge in [-0.2, -0.15) is 0 Å². The monoisotopic (exact) mass is 922 g/mol. The van der Waals surface area contributed by atoms with Gasteiger partial charge >= 0.3 is 11.9 Å². The molecule has 0 N–H and O–H groups in total. The van der Waals surface area contributed by atoms with Gasteiger partial charge in [0.15, 0.2) is 6.10 Å². The SMILES string of the molecule is CC/C=C\C/C=C\C/C=C\C/C=C\CCC(=O)OC(COC(=O)CCCCCCCCCCCCCCCCCCCCCCCCCCCCC)COP(=O)([O-])OCC[N+](C)(C)C. The average molecular weight is 922 g/mol. The van der Waals surface area contributed by atoms with E-state index in [-0.39, 0.29) is 26.1 Å². The highest BCUT2D eigenvalue weighted by atomic mass is 31.2. The molecule has 0 bridgehead atoms. The molecule has 2 unspecified atom stereocenters. The molecule has 0 aliphatic heterocycles. The molecule has 0 heterocycles. The van der Waals surface area contributed by atoms with Crippen molar-refractivity contribution in [1.29, 1.82) is 0 Å². The van der Waals surface area contributed by atoms with E-state index in [4.69, 9.17) is 18.5 Å². The van der Waals surface area contributed by atoms with Crippen molar-refractivity contribution in [3.63, 3.8) is 0 Å². The fourth-order valence-corrected chi connectivity index (χ4v) is 8.05. The van der Waals surface area contributed by atoms with Crippen LogP contribution in [0.25, 0.3) is 0 Å². The van der Waals surface area contributed by atoms with Crippen LogP contribution >= 0.6 is 7.82 Å². The summed E-state index contributed by atoms with van der Waals surface area (Å²) in [6.45, 7) is 4.05. The number of carbonyl (C=O) groups is 2. The van der Waals surface area contributed by atoms with Crippen molar-refractivity contribution in [3.8, 4) is 0 Å². The van der Waals surface area contributed by atoms with E-state index in [1.54, 1.807) is 0 Å². The van der Waals surface area contributed by atoms with Gasteiger partial charge in [-0.3, -0.25) is 14.2 Å². The van der Waals surface area contributed by atoms with E-state index in [0.29, 0.717) is 17.4 Å². The van der Waals surface area contributed by atoms with Crippen molar-refractivity contribution >= 4 is 19.8 Å². The van der Waals surface area contributed by atoms with Crippen molar-refractivity contribution in [1.82, 2.24) is 0 Å². The lowest BCUT2D eigenvalue weighted by molar-refractivity contribution is -0.870. The topological polar surface area (TPSA) is 111 Å². The summed E-state index contributed by atoms with van der Waals surface area (Å²) in [5.41, 5.74) is 0. The Morgan fingerprint density at radius 2 is 0.891 bits per heavy atom. The minimum absolute atomic E-state index is 0.0434. The maximum atomic E-state index is 12.7. The van der Waals surface area contributed by atoms with Crippen LogP contribution in [-0.4, -0.2) is 70.0 Å². The Morgan fingerprint density at radius 3 is 1.30 bits per heavy atom. The van der Waals surface area contributed by atoms with Crippen molar-refractivity contribution in [2.45, 2.75) is 238 Å². The van der Waals surface area contributed by atoms with Gasteiger partial charge in [-0.25, -0.2) is 0 Å². The maximum Gasteiger partial charge on any atom is 0.306 e. The van der Waals surface area contributed by atoms with Gasteiger partial charge in [-0.1, -0.05) is 229 Å². The number of carbonyl (C=O) groups excluding carboxylic acids is 2. The summed E-state index contributed by atoms with van der Waals surface area (Å²) in [4.78, 5) is 37.6. The molecule has 2 atom stereocenters. The first-order chi connectivity index (χ1) is 31.0. The number of hydrogen-bond acceptors (Lipinski definition) is 8. The van der Waals surface area contributed by atoms with Crippen LogP contribution in [0.3, 0.4) is 0 Å². The minimum atomic E-state index is -4.65. The molecule has 0 fully saturated rings. The first-order valence-corrected chi connectivity index (χ1v) is 27.8. The summed E-state index contributed by atoms with van der Waals surface area (Å²) in [6.07, 6.45) is 56.2. The molecule has 0 radical (unpaired) electrons. The van der Waals surface area contributed by atoms with Crippen LogP contribution < -0.4 is 4.89 Å². The predicted octanol–water partition coefficient (Wildman–Crippen LogP) is 15.2. The number of nitrogens with zero attached hydrogens (tertiary/aromatic N) is 1. The highest BCUT2D eigenvalue weighted by molar-refractivity contribution is 7.45. The van der Waals surface area contributed by atoms with Crippen LogP contribution in [0, 0.1) is 0 Å². The molecule has 0 rings (SSSR count). The number of esters is 2. The molecule has 0 aromatic heterocycles. The van der Waals surface area contributed by atoms with Crippen molar-refractivity contribution < 1.29 is 42.1 Å². The largest absolute Gasteiger partial charge is 0.756 e. The van der Waals surface area contributed by atoms with E-state index in [2.05, 4.69) is 50.3 Å². The molecule has 0 amide bonds. The summed E-state index contributed by atoms with van der Waals surface area (Å²) < 4.78 is 33.9. The van der Waals surface area contributed by atoms with Gasteiger partial charge in [0.1, 0.15) is 19.8 Å². The first-order valence-electron chi connectivity index (χ1n) is 26.3. The van der Waals surface area contributed by atoms with Crippen LogP contribution in [0.2, 0.25) is 0 Å². The molecule has 0 aliphatic rings. The summed E-state index contributed by atoms with van der Waals surface area (Å²) in [7, 11) is 1.13. The molecule has 10 heteroatoms. The van der Waals surface area contributed by atoms with E-state index in [1.165, 1.54) is 154 Å². The van der Waals surface area contributed by atoms with Crippen LogP contribution in [0.1, 0.15) is 232 Å². The van der Waals surface area contributed by atoms with Gasteiger partial charge in [0, 0.05) is 12.8 Å². The normalized spacial score (nSPS) is 13.8. The summed E-state index contributed by atoms with van der Waals surface area (Å²) in [5, 5.41) is 0. The fraction of sp³-hybridized carbons (Fsp3) is 0.815. The predicted molar refractivity (Wildman–Crippen MR) is 268 cm³/mol. The fourth-order valence-electron chi connectivity index (χ4n) is 7.32. The van der Waals surface area contributed by atoms with E-state index < -0.39 is 32.5 Å². The Bertz CT molecular complexity index is 1230. The number of quaternary nitrogens is 1.